The summed E-state index contributed by atoms with van der Waals surface area (Å²) in [6.45, 7) is 1.83. The van der Waals surface area contributed by atoms with Crippen LogP contribution in [0.2, 0.25) is 0 Å². The van der Waals surface area contributed by atoms with Crippen LogP contribution in [0.4, 0.5) is 5.82 Å². The molecule has 0 aliphatic heterocycles. The lowest BCUT2D eigenvalue weighted by Crippen LogP contribution is -2.10. The van der Waals surface area contributed by atoms with Crippen molar-refractivity contribution in [3.63, 3.8) is 0 Å². The molecule has 0 radical (unpaired) electrons. The van der Waals surface area contributed by atoms with E-state index in [1.54, 1.807) is 0 Å². The van der Waals surface area contributed by atoms with Gasteiger partial charge in [-0.2, -0.15) is 0 Å². The number of rotatable bonds is 3. The van der Waals surface area contributed by atoms with Crippen molar-refractivity contribution in [2.75, 3.05) is 5.43 Å². The number of aryl methyl sites for hydroxylation is 1. The first-order valence-electron chi connectivity index (χ1n) is 6.24. The summed E-state index contributed by atoms with van der Waals surface area (Å²) in [5, 5.41) is 0.825. The number of nitrogens with zero attached hydrogens (tertiary/aromatic N) is 2. The van der Waals surface area contributed by atoms with Gasteiger partial charge in [-0.15, -0.1) is 0 Å². The van der Waals surface area contributed by atoms with E-state index in [2.05, 4.69) is 15.4 Å². The first kappa shape index (κ1) is 12.4. The number of nitrogens with two attached hydrogens (primary N) is 1. The van der Waals surface area contributed by atoms with Crippen molar-refractivity contribution in [3.8, 4) is 11.5 Å². The number of aromatic nitrogens is 2. The van der Waals surface area contributed by atoms with E-state index in [0.29, 0.717) is 17.4 Å². The summed E-state index contributed by atoms with van der Waals surface area (Å²) in [5.41, 5.74) is 3.42. The molecule has 3 aromatic rings. The number of hydrazine groups is 1. The van der Waals surface area contributed by atoms with Crippen LogP contribution in [0.3, 0.4) is 0 Å². The fourth-order valence-electron chi connectivity index (χ4n) is 2.02. The Hall–Kier alpha value is -2.66. The summed E-state index contributed by atoms with van der Waals surface area (Å²) in [6.07, 6.45) is 0. The molecule has 0 aliphatic carbocycles. The van der Waals surface area contributed by atoms with E-state index >= 15 is 0 Å². The molecule has 0 spiro atoms. The van der Waals surface area contributed by atoms with E-state index in [1.807, 2.05) is 55.5 Å². The van der Waals surface area contributed by atoms with Gasteiger partial charge in [0.1, 0.15) is 17.3 Å². The van der Waals surface area contributed by atoms with Gasteiger partial charge in [0.2, 0.25) is 0 Å². The minimum absolute atomic E-state index is 0.589. The standard InChI is InChI=1S/C15H14N4O/c1-10-17-14-8-7-12(9-13(14)15(18-10)19-16)20-11-5-3-2-4-6-11/h2-9H,16H2,1H3,(H,17,18,19). The van der Waals surface area contributed by atoms with Gasteiger partial charge in [0.05, 0.1) is 5.52 Å². The van der Waals surface area contributed by atoms with E-state index in [-0.39, 0.29) is 0 Å². The third kappa shape index (κ3) is 2.39. The largest absolute Gasteiger partial charge is 0.457 e. The molecular formula is C15H14N4O. The Balaban J connectivity index is 2.04. The van der Waals surface area contributed by atoms with Crippen LogP contribution in [0.1, 0.15) is 5.82 Å². The average molecular weight is 266 g/mol. The van der Waals surface area contributed by atoms with E-state index in [0.717, 1.165) is 16.7 Å². The predicted octanol–water partition coefficient (Wildman–Crippen LogP) is 3.02. The van der Waals surface area contributed by atoms with Gasteiger partial charge in [0, 0.05) is 5.39 Å². The lowest BCUT2D eigenvalue weighted by atomic mass is 10.2. The average Bonchev–Trinajstić information content (AvgIpc) is 2.48. The van der Waals surface area contributed by atoms with E-state index in [4.69, 9.17) is 10.6 Å². The number of hydrogen-bond donors (Lipinski definition) is 2. The quantitative estimate of drug-likeness (QED) is 0.563. The number of nitrogens with one attached hydrogen (secondary N) is 1. The van der Waals surface area contributed by atoms with Gasteiger partial charge in [-0.1, -0.05) is 18.2 Å². The Morgan fingerprint density at radius 2 is 1.80 bits per heavy atom. The van der Waals surface area contributed by atoms with Crippen LogP contribution in [0.25, 0.3) is 10.9 Å². The number of ether oxygens (including phenoxy) is 1. The second kappa shape index (κ2) is 5.14. The van der Waals surface area contributed by atoms with E-state index < -0.39 is 0 Å². The second-order valence-electron chi connectivity index (χ2n) is 4.36. The fourth-order valence-corrected chi connectivity index (χ4v) is 2.02. The SMILES string of the molecule is Cc1nc(NN)c2cc(Oc3ccccc3)ccc2n1. The summed E-state index contributed by atoms with van der Waals surface area (Å²) in [7, 11) is 0. The minimum Gasteiger partial charge on any atom is -0.457 e. The predicted molar refractivity (Wildman–Crippen MR) is 78.6 cm³/mol. The molecule has 5 nitrogen and oxygen atoms in total. The van der Waals surface area contributed by atoms with Crippen LogP contribution in [0.5, 0.6) is 11.5 Å². The minimum atomic E-state index is 0.589. The Bertz CT molecular complexity index is 743. The third-order valence-electron chi connectivity index (χ3n) is 2.89. The van der Waals surface area contributed by atoms with Gasteiger partial charge in [0.25, 0.3) is 0 Å². The van der Waals surface area contributed by atoms with Crippen molar-refractivity contribution in [1.29, 1.82) is 0 Å². The molecule has 0 unspecified atom stereocenters. The number of para-hydroxylation sites is 1. The van der Waals surface area contributed by atoms with Crippen molar-refractivity contribution in [1.82, 2.24) is 9.97 Å². The topological polar surface area (TPSA) is 73.1 Å². The Morgan fingerprint density at radius 3 is 2.55 bits per heavy atom. The molecule has 3 N–H and O–H groups in total. The lowest BCUT2D eigenvalue weighted by Gasteiger charge is -2.09. The van der Waals surface area contributed by atoms with Gasteiger partial charge in [-0.25, -0.2) is 15.8 Å². The molecule has 2 aromatic carbocycles. The van der Waals surface area contributed by atoms with Crippen molar-refractivity contribution in [2.24, 2.45) is 5.84 Å². The summed E-state index contributed by atoms with van der Waals surface area (Å²) in [6, 6.07) is 15.2. The molecule has 1 heterocycles. The number of fused-ring (bicyclic) bond motifs is 1. The Morgan fingerprint density at radius 1 is 1.00 bits per heavy atom. The van der Waals surface area contributed by atoms with Crippen molar-refractivity contribution in [2.45, 2.75) is 6.92 Å². The maximum absolute atomic E-state index is 5.79. The fraction of sp³-hybridized carbons (Fsp3) is 0.0667. The second-order valence-corrected chi connectivity index (χ2v) is 4.36. The first-order valence-corrected chi connectivity index (χ1v) is 6.24. The highest BCUT2D eigenvalue weighted by atomic mass is 16.5. The number of anilines is 1. The molecule has 0 saturated carbocycles. The molecule has 0 atom stereocenters. The molecule has 100 valence electrons. The zero-order valence-electron chi connectivity index (χ0n) is 11.0. The lowest BCUT2D eigenvalue weighted by molar-refractivity contribution is 0.483. The van der Waals surface area contributed by atoms with Gasteiger partial charge in [-0.3, -0.25) is 0 Å². The van der Waals surface area contributed by atoms with Crippen LogP contribution in [0.15, 0.2) is 48.5 Å². The summed E-state index contributed by atoms with van der Waals surface area (Å²) < 4.78 is 5.79. The molecule has 3 rings (SSSR count). The highest BCUT2D eigenvalue weighted by Crippen LogP contribution is 2.27. The molecule has 5 heteroatoms. The van der Waals surface area contributed by atoms with Crippen molar-refractivity contribution < 1.29 is 4.74 Å². The number of nitrogen functional groups attached to an aromatic ring is 1. The third-order valence-corrected chi connectivity index (χ3v) is 2.89. The monoisotopic (exact) mass is 266 g/mol. The van der Waals surface area contributed by atoms with Gasteiger partial charge in [-0.05, 0) is 37.3 Å². The van der Waals surface area contributed by atoms with E-state index in [9.17, 15) is 0 Å². The summed E-state index contributed by atoms with van der Waals surface area (Å²) in [4.78, 5) is 8.64. The Labute approximate surface area is 116 Å². The molecule has 0 amide bonds. The number of benzene rings is 2. The van der Waals surface area contributed by atoms with Crippen LogP contribution in [0, 0.1) is 6.92 Å². The van der Waals surface area contributed by atoms with Crippen LogP contribution in [-0.4, -0.2) is 9.97 Å². The molecule has 0 saturated heterocycles. The zero-order valence-corrected chi connectivity index (χ0v) is 11.0. The van der Waals surface area contributed by atoms with Gasteiger partial charge >= 0.3 is 0 Å². The number of hydrogen-bond acceptors (Lipinski definition) is 5. The molecular weight excluding hydrogens is 252 g/mol. The maximum atomic E-state index is 5.79. The van der Waals surface area contributed by atoms with Gasteiger partial charge < -0.3 is 10.2 Å². The molecule has 20 heavy (non-hydrogen) atoms. The molecule has 0 bridgehead atoms. The molecule has 0 fully saturated rings. The molecule has 0 aliphatic rings. The van der Waals surface area contributed by atoms with Crippen LogP contribution >= 0.6 is 0 Å². The Kier molecular flexibility index (Phi) is 3.18. The highest BCUT2D eigenvalue weighted by Gasteiger charge is 2.06. The van der Waals surface area contributed by atoms with Crippen LogP contribution in [-0.2, 0) is 0 Å². The van der Waals surface area contributed by atoms with Gasteiger partial charge in [0.15, 0.2) is 5.82 Å². The maximum Gasteiger partial charge on any atom is 0.151 e. The van der Waals surface area contributed by atoms with E-state index in [1.165, 1.54) is 0 Å². The van der Waals surface area contributed by atoms with Crippen LogP contribution < -0.4 is 16.0 Å². The highest BCUT2D eigenvalue weighted by molar-refractivity contribution is 5.90. The van der Waals surface area contributed by atoms with Crippen molar-refractivity contribution in [3.05, 3.63) is 54.4 Å². The molecule has 1 aromatic heterocycles. The summed E-state index contributed by atoms with van der Waals surface area (Å²) >= 11 is 0. The van der Waals surface area contributed by atoms with Crippen molar-refractivity contribution >= 4 is 16.7 Å². The summed E-state index contributed by atoms with van der Waals surface area (Å²) in [5.74, 6) is 8.26. The smallest absolute Gasteiger partial charge is 0.151 e. The normalized spacial score (nSPS) is 10.5. The first-order chi connectivity index (χ1) is 9.76. The zero-order chi connectivity index (χ0) is 13.9.